The normalized spacial score (nSPS) is 11.1. The lowest BCUT2D eigenvalue weighted by Gasteiger charge is -2.09. The van der Waals surface area contributed by atoms with Crippen LogP contribution in [0.5, 0.6) is 0 Å². The van der Waals surface area contributed by atoms with E-state index >= 15 is 0 Å². The molecule has 0 radical (unpaired) electrons. The number of aryl methyl sites for hydroxylation is 1. The van der Waals surface area contributed by atoms with Crippen molar-refractivity contribution in [2.45, 2.75) is 13.8 Å². The van der Waals surface area contributed by atoms with Gasteiger partial charge in [0.15, 0.2) is 5.76 Å². The van der Waals surface area contributed by atoms with Gasteiger partial charge < -0.3 is 8.98 Å². The van der Waals surface area contributed by atoms with E-state index in [0.717, 1.165) is 32.5 Å². The zero-order chi connectivity index (χ0) is 21.3. The van der Waals surface area contributed by atoms with Crippen molar-refractivity contribution < 1.29 is 9.21 Å². The van der Waals surface area contributed by atoms with Gasteiger partial charge in [0.25, 0.3) is 0 Å². The van der Waals surface area contributed by atoms with Crippen molar-refractivity contribution in [2.24, 2.45) is 5.10 Å². The molecule has 2 aromatic carbocycles. The summed E-state index contributed by atoms with van der Waals surface area (Å²) < 4.78 is 8.56. The van der Waals surface area contributed by atoms with E-state index < -0.39 is 5.91 Å². The average molecular weight is 461 g/mol. The predicted molar refractivity (Wildman–Crippen MR) is 119 cm³/mol. The fourth-order valence-electron chi connectivity index (χ4n) is 3.34. The van der Waals surface area contributed by atoms with E-state index in [4.69, 9.17) is 9.68 Å². The first-order valence-electron chi connectivity index (χ1n) is 9.18. The summed E-state index contributed by atoms with van der Waals surface area (Å²) in [7, 11) is 0. The summed E-state index contributed by atoms with van der Waals surface area (Å²) in [6, 6.07) is 18.7. The van der Waals surface area contributed by atoms with Gasteiger partial charge in [-0.3, -0.25) is 4.79 Å². The van der Waals surface area contributed by atoms with Gasteiger partial charge in [-0.25, -0.2) is 5.43 Å². The van der Waals surface area contributed by atoms with Gasteiger partial charge in [-0.2, -0.15) is 10.4 Å². The first-order valence-corrected chi connectivity index (χ1v) is 9.97. The summed E-state index contributed by atoms with van der Waals surface area (Å²) in [5, 5.41) is 13.9. The second-order valence-corrected chi connectivity index (χ2v) is 7.73. The standard InChI is InChI=1S/C23H17BrN4O2/c1-14-9-18(15(2)28(14)20-6-3-16(12-25)4-7-20)13-26-27-23(29)22-11-17-10-19(24)5-8-21(17)30-22/h3-11,13H,1-2H3,(H,27,29). The number of fused-ring (bicyclic) bond motifs is 1. The van der Waals surface area contributed by atoms with E-state index in [0.29, 0.717) is 11.1 Å². The number of halogens is 1. The Morgan fingerprint density at radius 1 is 1.17 bits per heavy atom. The lowest BCUT2D eigenvalue weighted by Crippen LogP contribution is -2.16. The molecule has 4 rings (SSSR count). The van der Waals surface area contributed by atoms with Crippen LogP contribution < -0.4 is 5.43 Å². The molecule has 0 fully saturated rings. The number of hydrogen-bond donors (Lipinski definition) is 1. The third-order valence-corrected chi connectivity index (χ3v) is 5.29. The zero-order valence-corrected chi connectivity index (χ0v) is 17.9. The van der Waals surface area contributed by atoms with Gasteiger partial charge in [0.2, 0.25) is 0 Å². The predicted octanol–water partition coefficient (Wildman–Crippen LogP) is 5.24. The molecule has 2 heterocycles. The molecular weight excluding hydrogens is 444 g/mol. The molecule has 0 atom stereocenters. The van der Waals surface area contributed by atoms with Crippen molar-refractivity contribution in [1.82, 2.24) is 9.99 Å². The molecule has 0 spiro atoms. The minimum Gasteiger partial charge on any atom is -0.451 e. The molecule has 148 valence electrons. The van der Waals surface area contributed by atoms with Gasteiger partial charge in [-0.15, -0.1) is 0 Å². The number of carbonyl (C=O) groups excluding carboxylic acids is 1. The lowest BCUT2D eigenvalue weighted by molar-refractivity contribution is 0.0929. The summed E-state index contributed by atoms with van der Waals surface area (Å²) in [5.41, 5.74) is 7.60. The molecule has 7 heteroatoms. The molecule has 1 amide bonds. The minimum absolute atomic E-state index is 0.198. The Bertz CT molecular complexity index is 1320. The van der Waals surface area contributed by atoms with E-state index in [9.17, 15) is 4.79 Å². The molecule has 0 saturated heterocycles. The first-order chi connectivity index (χ1) is 14.5. The largest absolute Gasteiger partial charge is 0.451 e. The Labute approximate surface area is 181 Å². The van der Waals surface area contributed by atoms with Crippen molar-refractivity contribution >= 4 is 39.0 Å². The van der Waals surface area contributed by atoms with Crippen LogP contribution in [0.4, 0.5) is 0 Å². The summed E-state index contributed by atoms with van der Waals surface area (Å²) >= 11 is 3.40. The Kier molecular flexibility index (Phi) is 5.25. The highest BCUT2D eigenvalue weighted by molar-refractivity contribution is 9.10. The van der Waals surface area contributed by atoms with Crippen LogP contribution in [0, 0.1) is 25.2 Å². The molecule has 0 bridgehead atoms. The molecule has 2 aromatic heterocycles. The Hall–Kier alpha value is -3.63. The summed E-state index contributed by atoms with van der Waals surface area (Å²) in [5.74, 6) is -0.220. The third kappa shape index (κ3) is 3.78. The van der Waals surface area contributed by atoms with Gasteiger partial charge in [0, 0.05) is 32.5 Å². The smallest absolute Gasteiger partial charge is 0.307 e. The number of amides is 1. The van der Waals surface area contributed by atoms with Gasteiger partial charge >= 0.3 is 5.91 Å². The summed E-state index contributed by atoms with van der Waals surface area (Å²) in [4.78, 5) is 12.4. The van der Waals surface area contributed by atoms with Crippen LogP contribution in [0.1, 0.15) is 33.1 Å². The maximum Gasteiger partial charge on any atom is 0.307 e. The molecule has 0 aliphatic heterocycles. The molecule has 4 aromatic rings. The molecule has 30 heavy (non-hydrogen) atoms. The Balaban J connectivity index is 1.52. The number of nitriles is 1. The van der Waals surface area contributed by atoms with E-state index in [1.54, 1.807) is 30.5 Å². The lowest BCUT2D eigenvalue weighted by atomic mass is 10.2. The van der Waals surface area contributed by atoms with E-state index in [1.807, 2.05) is 44.2 Å². The summed E-state index contributed by atoms with van der Waals surface area (Å²) in [6.45, 7) is 3.97. The van der Waals surface area contributed by atoms with Gasteiger partial charge in [-0.1, -0.05) is 15.9 Å². The van der Waals surface area contributed by atoms with Gasteiger partial charge in [0.1, 0.15) is 5.58 Å². The molecular formula is C23H17BrN4O2. The van der Waals surface area contributed by atoms with Crippen LogP contribution in [-0.2, 0) is 0 Å². The number of hydrogen-bond acceptors (Lipinski definition) is 4. The SMILES string of the molecule is Cc1cc(C=NNC(=O)c2cc3cc(Br)ccc3o2)c(C)n1-c1ccc(C#N)cc1. The van der Waals surface area contributed by atoms with Crippen LogP contribution in [0.2, 0.25) is 0 Å². The summed E-state index contributed by atoms with van der Waals surface area (Å²) in [6.07, 6.45) is 1.61. The van der Waals surface area contributed by atoms with Crippen molar-refractivity contribution in [3.05, 3.63) is 87.3 Å². The van der Waals surface area contributed by atoms with Gasteiger partial charge in [0.05, 0.1) is 17.8 Å². The fourth-order valence-corrected chi connectivity index (χ4v) is 3.72. The molecule has 6 nitrogen and oxygen atoms in total. The zero-order valence-electron chi connectivity index (χ0n) is 16.3. The second kappa shape index (κ2) is 8.01. The maximum atomic E-state index is 12.4. The quantitative estimate of drug-likeness (QED) is 0.333. The monoisotopic (exact) mass is 460 g/mol. The van der Waals surface area contributed by atoms with Crippen molar-refractivity contribution in [1.29, 1.82) is 5.26 Å². The average Bonchev–Trinajstić information content (AvgIpc) is 3.28. The number of benzene rings is 2. The van der Waals surface area contributed by atoms with Crippen molar-refractivity contribution in [3.8, 4) is 11.8 Å². The minimum atomic E-state index is -0.417. The van der Waals surface area contributed by atoms with Crippen LogP contribution in [0.15, 0.2) is 68.6 Å². The van der Waals surface area contributed by atoms with Gasteiger partial charge in [-0.05, 0) is 68.4 Å². The topological polar surface area (TPSA) is 83.3 Å². The molecule has 1 N–H and O–H groups in total. The van der Waals surface area contributed by atoms with Crippen LogP contribution in [-0.4, -0.2) is 16.7 Å². The third-order valence-electron chi connectivity index (χ3n) is 4.80. The van der Waals surface area contributed by atoms with Crippen molar-refractivity contribution in [3.63, 3.8) is 0 Å². The molecule has 0 aliphatic carbocycles. The first kappa shape index (κ1) is 19.7. The van der Waals surface area contributed by atoms with Crippen molar-refractivity contribution in [2.75, 3.05) is 0 Å². The maximum absolute atomic E-state index is 12.4. The fraction of sp³-hybridized carbons (Fsp3) is 0.0870. The number of hydrazone groups is 1. The molecule has 0 saturated carbocycles. The van der Waals surface area contributed by atoms with Crippen LogP contribution in [0.3, 0.4) is 0 Å². The highest BCUT2D eigenvalue weighted by atomic mass is 79.9. The number of furan rings is 1. The van der Waals surface area contributed by atoms with E-state index in [2.05, 4.69) is 37.1 Å². The van der Waals surface area contributed by atoms with Crippen LogP contribution >= 0.6 is 15.9 Å². The number of carbonyl (C=O) groups is 1. The molecule has 0 unspecified atom stereocenters. The molecule has 0 aliphatic rings. The van der Waals surface area contributed by atoms with Crippen LogP contribution in [0.25, 0.3) is 16.7 Å². The highest BCUT2D eigenvalue weighted by Crippen LogP contribution is 2.23. The Morgan fingerprint density at radius 3 is 2.67 bits per heavy atom. The highest BCUT2D eigenvalue weighted by Gasteiger charge is 2.13. The van der Waals surface area contributed by atoms with E-state index in [-0.39, 0.29) is 5.76 Å². The second-order valence-electron chi connectivity index (χ2n) is 6.81. The number of rotatable bonds is 4. The van der Waals surface area contributed by atoms with E-state index in [1.165, 1.54) is 0 Å². The number of aromatic nitrogens is 1. The number of nitrogens with zero attached hydrogens (tertiary/aromatic N) is 3. The Morgan fingerprint density at radius 2 is 1.93 bits per heavy atom. The number of nitrogens with one attached hydrogen (secondary N) is 1.